The van der Waals surface area contributed by atoms with Gasteiger partial charge in [0.05, 0.1) is 6.61 Å². The van der Waals surface area contributed by atoms with Gasteiger partial charge in [-0.25, -0.2) is 0 Å². The molecule has 0 aliphatic rings. The topological polar surface area (TPSA) is 32.3 Å². The first-order valence-electron chi connectivity index (χ1n) is 5.54. The third kappa shape index (κ3) is 4.02. The van der Waals surface area contributed by atoms with Crippen molar-refractivity contribution in [3.8, 4) is 0 Å². The van der Waals surface area contributed by atoms with Gasteiger partial charge in [-0.1, -0.05) is 23.8 Å². The number of aryl methyl sites for hydroxylation is 2. The van der Waals surface area contributed by atoms with E-state index in [9.17, 15) is 0 Å². The largest absolute Gasteiger partial charge is 0.395 e. The quantitative estimate of drug-likeness (QED) is 0.772. The molecule has 15 heavy (non-hydrogen) atoms. The fraction of sp³-hybridized carbons (Fsp3) is 0.538. The van der Waals surface area contributed by atoms with E-state index in [1.807, 2.05) is 6.92 Å². The lowest BCUT2D eigenvalue weighted by molar-refractivity contribution is 0.252. The monoisotopic (exact) mass is 207 g/mol. The fourth-order valence-electron chi connectivity index (χ4n) is 1.64. The van der Waals surface area contributed by atoms with Crippen molar-refractivity contribution < 1.29 is 5.11 Å². The maximum absolute atomic E-state index is 8.86. The summed E-state index contributed by atoms with van der Waals surface area (Å²) in [7, 11) is 0. The third-order valence-electron chi connectivity index (χ3n) is 2.66. The van der Waals surface area contributed by atoms with Crippen molar-refractivity contribution in [2.45, 2.75) is 33.2 Å². The first-order chi connectivity index (χ1) is 7.13. The van der Waals surface area contributed by atoms with Crippen molar-refractivity contribution in [2.24, 2.45) is 0 Å². The van der Waals surface area contributed by atoms with Gasteiger partial charge in [0.25, 0.3) is 0 Å². The summed E-state index contributed by atoms with van der Waals surface area (Å²) >= 11 is 0. The van der Waals surface area contributed by atoms with Crippen LogP contribution in [-0.4, -0.2) is 24.3 Å². The number of aliphatic hydroxyl groups excluding tert-OH is 1. The number of rotatable bonds is 5. The molecule has 0 heterocycles. The zero-order valence-electron chi connectivity index (χ0n) is 9.88. The molecule has 1 rings (SSSR count). The molecule has 2 nitrogen and oxygen atoms in total. The molecule has 2 heteroatoms. The van der Waals surface area contributed by atoms with Crippen LogP contribution in [0.15, 0.2) is 18.2 Å². The SMILES string of the molecule is Cc1ccc(CCNC(C)CO)c(C)c1. The Morgan fingerprint density at radius 3 is 2.67 bits per heavy atom. The van der Waals surface area contributed by atoms with E-state index in [-0.39, 0.29) is 12.6 Å². The van der Waals surface area contributed by atoms with Crippen molar-refractivity contribution in [1.82, 2.24) is 5.32 Å². The molecule has 0 aliphatic heterocycles. The van der Waals surface area contributed by atoms with Crippen LogP contribution < -0.4 is 5.32 Å². The lowest BCUT2D eigenvalue weighted by Crippen LogP contribution is -2.31. The summed E-state index contributed by atoms with van der Waals surface area (Å²) in [6.07, 6.45) is 1.02. The highest BCUT2D eigenvalue weighted by Gasteiger charge is 2.00. The molecule has 0 saturated carbocycles. The molecular weight excluding hydrogens is 186 g/mol. The Kier molecular flexibility index (Phi) is 4.79. The average Bonchev–Trinajstić information content (AvgIpc) is 2.21. The number of aliphatic hydroxyl groups is 1. The molecule has 0 amide bonds. The van der Waals surface area contributed by atoms with Gasteiger partial charge in [0, 0.05) is 6.04 Å². The van der Waals surface area contributed by atoms with Gasteiger partial charge in [-0.05, 0) is 44.9 Å². The van der Waals surface area contributed by atoms with Gasteiger partial charge in [-0.3, -0.25) is 0 Å². The van der Waals surface area contributed by atoms with E-state index < -0.39 is 0 Å². The van der Waals surface area contributed by atoms with Gasteiger partial charge in [0.1, 0.15) is 0 Å². The second-order valence-corrected chi connectivity index (χ2v) is 4.22. The molecule has 0 fully saturated rings. The van der Waals surface area contributed by atoms with Crippen LogP contribution >= 0.6 is 0 Å². The minimum absolute atomic E-state index is 0.191. The lowest BCUT2D eigenvalue weighted by atomic mass is 10.0. The van der Waals surface area contributed by atoms with Crippen LogP contribution in [0.3, 0.4) is 0 Å². The molecule has 1 aromatic carbocycles. The predicted molar refractivity (Wildman–Crippen MR) is 64.2 cm³/mol. The molecule has 2 N–H and O–H groups in total. The zero-order valence-corrected chi connectivity index (χ0v) is 9.88. The summed E-state index contributed by atoms with van der Waals surface area (Å²) in [6.45, 7) is 7.38. The summed E-state index contributed by atoms with van der Waals surface area (Å²) < 4.78 is 0. The maximum atomic E-state index is 8.86. The summed E-state index contributed by atoms with van der Waals surface area (Å²) in [5.41, 5.74) is 4.06. The molecule has 0 spiro atoms. The van der Waals surface area contributed by atoms with Crippen molar-refractivity contribution in [3.05, 3.63) is 34.9 Å². The van der Waals surface area contributed by atoms with Gasteiger partial charge in [0.2, 0.25) is 0 Å². The van der Waals surface area contributed by atoms with Crippen molar-refractivity contribution >= 4 is 0 Å². The lowest BCUT2D eigenvalue weighted by Gasteiger charge is -2.11. The molecule has 1 unspecified atom stereocenters. The second kappa shape index (κ2) is 5.89. The Labute approximate surface area is 92.3 Å². The summed E-state index contributed by atoms with van der Waals surface area (Å²) in [6, 6.07) is 6.74. The highest BCUT2D eigenvalue weighted by Crippen LogP contribution is 2.10. The Hall–Kier alpha value is -0.860. The molecule has 1 atom stereocenters. The molecule has 1 aromatic rings. The molecule has 84 valence electrons. The average molecular weight is 207 g/mol. The number of hydrogen-bond acceptors (Lipinski definition) is 2. The van der Waals surface area contributed by atoms with E-state index in [4.69, 9.17) is 5.11 Å². The van der Waals surface area contributed by atoms with Crippen LogP contribution in [0.2, 0.25) is 0 Å². The molecule has 0 aromatic heterocycles. The van der Waals surface area contributed by atoms with Gasteiger partial charge in [0.15, 0.2) is 0 Å². The minimum atomic E-state index is 0.191. The third-order valence-corrected chi connectivity index (χ3v) is 2.66. The van der Waals surface area contributed by atoms with Crippen LogP contribution in [0.5, 0.6) is 0 Å². The highest BCUT2D eigenvalue weighted by molar-refractivity contribution is 5.30. The predicted octanol–water partition coefficient (Wildman–Crippen LogP) is 1.82. The van der Waals surface area contributed by atoms with Gasteiger partial charge in [-0.15, -0.1) is 0 Å². The first kappa shape index (κ1) is 12.2. The molecule has 0 bridgehead atoms. The minimum Gasteiger partial charge on any atom is -0.395 e. The van der Waals surface area contributed by atoms with E-state index in [1.165, 1.54) is 16.7 Å². The molecule has 0 aliphatic carbocycles. The maximum Gasteiger partial charge on any atom is 0.0581 e. The Bertz CT molecular complexity index is 309. The van der Waals surface area contributed by atoms with E-state index >= 15 is 0 Å². The molecular formula is C13H21NO. The number of hydrogen-bond donors (Lipinski definition) is 2. The molecule has 0 saturated heterocycles. The Balaban J connectivity index is 2.44. The Morgan fingerprint density at radius 1 is 1.33 bits per heavy atom. The fourth-order valence-corrected chi connectivity index (χ4v) is 1.64. The smallest absolute Gasteiger partial charge is 0.0581 e. The first-order valence-corrected chi connectivity index (χ1v) is 5.54. The van der Waals surface area contributed by atoms with Crippen molar-refractivity contribution in [3.63, 3.8) is 0 Å². The van der Waals surface area contributed by atoms with Gasteiger partial charge < -0.3 is 10.4 Å². The van der Waals surface area contributed by atoms with Crippen LogP contribution in [-0.2, 0) is 6.42 Å². The van der Waals surface area contributed by atoms with Crippen LogP contribution in [0, 0.1) is 13.8 Å². The molecule has 0 radical (unpaired) electrons. The number of benzene rings is 1. The Morgan fingerprint density at radius 2 is 2.07 bits per heavy atom. The van der Waals surface area contributed by atoms with E-state index in [1.54, 1.807) is 0 Å². The normalized spacial score (nSPS) is 12.8. The van der Waals surface area contributed by atoms with Gasteiger partial charge >= 0.3 is 0 Å². The summed E-state index contributed by atoms with van der Waals surface area (Å²) in [5, 5.41) is 12.1. The van der Waals surface area contributed by atoms with Crippen LogP contribution in [0.1, 0.15) is 23.6 Å². The zero-order chi connectivity index (χ0) is 11.3. The van der Waals surface area contributed by atoms with Gasteiger partial charge in [-0.2, -0.15) is 0 Å². The van der Waals surface area contributed by atoms with Crippen molar-refractivity contribution in [1.29, 1.82) is 0 Å². The summed E-state index contributed by atoms with van der Waals surface area (Å²) in [4.78, 5) is 0. The summed E-state index contributed by atoms with van der Waals surface area (Å²) in [5.74, 6) is 0. The van der Waals surface area contributed by atoms with Crippen LogP contribution in [0.4, 0.5) is 0 Å². The van der Waals surface area contributed by atoms with Crippen LogP contribution in [0.25, 0.3) is 0 Å². The standard InChI is InChI=1S/C13H21NO/c1-10-4-5-13(11(2)8-10)6-7-14-12(3)9-15/h4-5,8,12,14-15H,6-7,9H2,1-3H3. The van der Waals surface area contributed by atoms with E-state index in [0.29, 0.717) is 0 Å². The number of nitrogens with one attached hydrogen (secondary N) is 1. The highest BCUT2D eigenvalue weighted by atomic mass is 16.3. The second-order valence-electron chi connectivity index (χ2n) is 4.22. The van der Waals surface area contributed by atoms with Crippen molar-refractivity contribution in [2.75, 3.05) is 13.2 Å². The van der Waals surface area contributed by atoms with E-state index in [2.05, 4.69) is 37.4 Å². The van der Waals surface area contributed by atoms with E-state index in [0.717, 1.165) is 13.0 Å².